The average molecular weight is 441 g/mol. The Morgan fingerprint density at radius 3 is 2.15 bits per heavy atom. The summed E-state index contributed by atoms with van der Waals surface area (Å²) in [6.07, 6.45) is 0.756. The first-order chi connectivity index (χ1) is 16.1. The van der Waals surface area contributed by atoms with E-state index in [1.807, 2.05) is 67.6 Å². The van der Waals surface area contributed by atoms with Gasteiger partial charge in [0.15, 0.2) is 0 Å². The minimum Gasteiger partial charge on any atom is -0.426 e. The number of amides is 1. The Bertz CT molecular complexity index is 1290. The van der Waals surface area contributed by atoms with E-state index < -0.39 is 23.4 Å². The van der Waals surface area contributed by atoms with Crippen molar-refractivity contribution in [3.63, 3.8) is 0 Å². The van der Waals surface area contributed by atoms with Gasteiger partial charge in [0.25, 0.3) is 5.91 Å². The minimum absolute atomic E-state index is 0.0612. The fraction of sp³-hybridized carbons (Fsp3) is 0.148. The molecule has 0 atom stereocenters. The Balaban J connectivity index is 1.63. The van der Waals surface area contributed by atoms with Crippen LogP contribution in [0.15, 0.2) is 94.1 Å². The molecule has 0 saturated carbocycles. The fourth-order valence-electron chi connectivity index (χ4n) is 3.58. The number of benzene rings is 3. The molecule has 0 spiro atoms. The molecule has 1 N–H and O–H groups in total. The Labute approximate surface area is 190 Å². The van der Waals surface area contributed by atoms with E-state index in [0.29, 0.717) is 11.9 Å². The van der Waals surface area contributed by atoms with Gasteiger partial charge in [0.1, 0.15) is 22.8 Å². The van der Waals surface area contributed by atoms with Crippen LogP contribution in [0.2, 0.25) is 0 Å². The SMILES string of the molecule is CCCNC(=O)c1cc2ccc(OC(=O)C(c3ccccc3)c3ccccc3)cc2oc1=O. The number of hydrogen-bond donors (Lipinski definition) is 1. The highest BCUT2D eigenvalue weighted by Crippen LogP contribution is 2.28. The summed E-state index contributed by atoms with van der Waals surface area (Å²) in [6, 6.07) is 25.0. The lowest BCUT2D eigenvalue weighted by molar-refractivity contribution is -0.135. The lowest BCUT2D eigenvalue weighted by Gasteiger charge is -2.17. The van der Waals surface area contributed by atoms with Gasteiger partial charge in [-0.15, -0.1) is 0 Å². The van der Waals surface area contributed by atoms with Gasteiger partial charge in [0.2, 0.25) is 0 Å². The molecule has 0 saturated heterocycles. The predicted octanol–water partition coefficient (Wildman–Crippen LogP) is 4.67. The number of esters is 1. The summed E-state index contributed by atoms with van der Waals surface area (Å²) < 4.78 is 11.0. The molecule has 0 aliphatic rings. The van der Waals surface area contributed by atoms with Gasteiger partial charge in [0, 0.05) is 18.0 Å². The van der Waals surface area contributed by atoms with Crippen LogP contribution >= 0.6 is 0 Å². The summed E-state index contributed by atoms with van der Waals surface area (Å²) in [7, 11) is 0. The first kappa shape index (κ1) is 22.0. The van der Waals surface area contributed by atoms with Crippen LogP contribution < -0.4 is 15.7 Å². The molecule has 33 heavy (non-hydrogen) atoms. The van der Waals surface area contributed by atoms with Gasteiger partial charge in [-0.05, 0) is 35.7 Å². The number of carbonyl (C=O) groups is 2. The van der Waals surface area contributed by atoms with E-state index in [4.69, 9.17) is 9.15 Å². The molecule has 0 aliphatic heterocycles. The topological polar surface area (TPSA) is 85.6 Å². The van der Waals surface area contributed by atoms with Crippen LogP contribution in [0.1, 0.15) is 40.7 Å². The van der Waals surface area contributed by atoms with Crippen molar-refractivity contribution < 1.29 is 18.7 Å². The van der Waals surface area contributed by atoms with Crippen molar-refractivity contribution >= 4 is 22.8 Å². The molecule has 0 radical (unpaired) electrons. The van der Waals surface area contributed by atoms with Gasteiger partial charge in [-0.25, -0.2) is 4.79 Å². The smallest absolute Gasteiger partial charge is 0.349 e. The predicted molar refractivity (Wildman–Crippen MR) is 125 cm³/mol. The van der Waals surface area contributed by atoms with Crippen LogP contribution in [-0.2, 0) is 4.79 Å². The molecule has 4 rings (SSSR count). The number of fused-ring (bicyclic) bond motifs is 1. The van der Waals surface area contributed by atoms with Crippen LogP contribution in [0.5, 0.6) is 5.75 Å². The molecular weight excluding hydrogens is 418 g/mol. The lowest BCUT2D eigenvalue weighted by Crippen LogP contribution is -2.28. The average Bonchev–Trinajstić information content (AvgIpc) is 2.83. The highest BCUT2D eigenvalue weighted by Gasteiger charge is 2.25. The molecule has 6 nitrogen and oxygen atoms in total. The summed E-state index contributed by atoms with van der Waals surface area (Å²) in [5.74, 6) is -1.29. The standard InChI is InChI=1S/C27H23NO5/c1-2-15-28-25(29)22-16-20-13-14-21(17-23(20)33-26(22)30)32-27(31)24(18-9-5-3-6-10-18)19-11-7-4-8-12-19/h3-14,16-17,24H,2,15H2,1H3,(H,28,29). The van der Waals surface area contributed by atoms with E-state index in [1.54, 1.807) is 12.1 Å². The van der Waals surface area contributed by atoms with Crippen LogP contribution in [0.3, 0.4) is 0 Å². The van der Waals surface area contributed by atoms with Crippen molar-refractivity contribution in [1.29, 1.82) is 0 Å². The maximum Gasteiger partial charge on any atom is 0.349 e. The van der Waals surface area contributed by atoms with Crippen LogP contribution in [0.25, 0.3) is 11.0 Å². The Morgan fingerprint density at radius 2 is 1.55 bits per heavy atom. The van der Waals surface area contributed by atoms with E-state index in [2.05, 4.69) is 5.32 Å². The van der Waals surface area contributed by atoms with Gasteiger partial charge in [-0.1, -0.05) is 67.6 Å². The zero-order valence-electron chi connectivity index (χ0n) is 18.1. The number of hydrogen-bond acceptors (Lipinski definition) is 5. The second-order valence-electron chi connectivity index (χ2n) is 7.58. The highest BCUT2D eigenvalue weighted by atomic mass is 16.5. The number of nitrogens with one attached hydrogen (secondary N) is 1. The lowest BCUT2D eigenvalue weighted by atomic mass is 9.91. The molecule has 0 bridgehead atoms. The molecular formula is C27H23NO5. The first-order valence-electron chi connectivity index (χ1n) is 10.7. The van der Waals surface area contributed by atoms with Crippen molar-refractivity contribution in [3.05, 3.63) is 112 Å². The molecule has 1 aromatic heterocycles. The third-order valence-electron chi connectivity index (χ3n) is 5.21. The van der Waals surface area contributed by atoms with Crippen molar-refractivity contribution in [2.45, 2.75) is 19.3 Å². The van der Waals surface area contributed by atoms with Gasteiger partial charge in [-0.3, -0.25) is 9.59 Å². The molecule has 0 unspecified atom stereocenters. The van der Waals surface area contributed by atoms with E-state index >= 15 is 0 Å². The second kappa shape index (κ2) is 9.96. The Hall–Kier alpha value is -4.19. The minimum atomic E-state index is -0.744. The summed E-state index contributed by atoms with van der Waals surface area (Å²) in [6.45, 7) is 2.39. The monoisotopic (exact) mass is 441 g/mol. The van der Waals surface area contributed by atoms with E-state index in [9.17, 15) is 14.4 Å². The summed E-state index contributed by atoms with van der Waals surface area (Å²) in [4.78, 5) is 37.7. The van der Waals surface area contributed by atoms with Crippen molar-refractivity contribution in [2.24, 2.45) is 0 Å². The molecule has 166 valence electrons. The summed E-state index contributed by atoms with van der Waals surface area (Å²) in [5.41, 5.74) is 1.04. The normalized spacial score (nSPS) is 10.8. The molecule has 0 fully saturated rings. The number of ether oxygens (including phenoxy) is 1. The molecule has 4 aromatic rings. The van der Waals surface area contributed by atoms with Crippen molar-refractivity contribution in [2.75, 3.05) is 6.54 Å². The molecule has 1 amide bonds. The van der Waals surface area contributed by atoms with Crippen LogP contribution in [0.4, 0.5) is 0 Å². The number of carbonyl (C=O) groups excluding carboxylic acids is 2. The molecule has 3 aromatic carbocycles. The zero-order chi connectivity index (χ0) is 23.2. The quantitative estimate of drug-likeness (QED) is 0.256. The molecule has 0 aliphatic carbocycles. The third-order valence-corrected chi connectivity index (χ3v) is 5.21. The maximum absolute atomic E-state index is 13.2. The fourth-order valence-corrected chi connectivity index (χ4v) is 3.58. The number of rotatable bonds is 7. The highest BCUT2D eigenvalue weighted by molar-refractivity contribution is 5.96. The Kier molecular flexibility index (Phi) is 6.64. The summed E-state index contributed by atoms with van der Waals surface area (Å²) in [5, 5.41) is 3.22. The molecule has 6 heteroatoms. The van der Waals surface area contributed by atoms with E-state index in [-0.39, 0.29) is 16.9 Å². The van der Waals surface area contributed by atoms with E-state index in [1.165, 1.54) is 12.1 Å². The van der Waals surface area contributed by atoms with Gasteiger partial charge < -0.3 is 14.5 Å². The van der Waals surface area contributed by atoms with Crippen LogP contribution in [0, 0.1) is 0 Å². The van der Waals surface area contributed by atoms with E-state index in [0.717, 1.165) is 17.5 Å². The largest absolute Gasteiger partial charge is 0.426 e. The van der Waals surface area contributed by atoms with Gasteiger partial charge in [0.05, 0.1) is 0 Å². The summed E-state index contributed by atoms with van der Waals surface area (Å²) >= 11 is 0. The van der Waals surface area contributed by atoms with Crippen LogP contribution in [-0.4, -0.2) is 18.4 Å². The third kappa shape index (κ3) is 5.01. The van der Waals surface area contributed by atoms with Crippen molar-refractivity contribution in [3.8, 4) is 5.75 Å². The molecule has 1 heterocycles. The van der Waals surface area contributed by atoms with Gasteiger partial charge >= 0.3 is 11.6 Å². The van der Waals surface area contributed by atoms with Crippen molar-refractivity contribution in [1.82, 2.24) is 5.32 Å². The van der Waals surface area contributed by atoms with Gasteiger partial charge in [-0.2, -0.15) is 0 Å². The first-order valence-corrected chi connectivity index (χ1v) is 10.7. The maximum atomic E-state index is 13.2. The zero-order valence-corrected chi connectivity index (χ0v) is 18.1. The second-order valence-corrected chi connectivity index (χ2v) is 7.58. The Morgan fingerprint density at radius 1 is 0.909 bits per heavy atom.